The number of nitrogens with one attached hydrogen (secondary N) is 1. The van der Waals surface area contributed by atoms with E-state index in [0.29, 0.717) is 19.3 Å². The number of carbonyl (C=O) groups is 1. The highest BCUT2D eigenvalue weighted by Gasteiger charge is 2.46. The topological polar surface area (TPSA) is 47.6 Å². The molecule has 92 valence electrons. The molecule has 2 fully saturated rings. The molecule has 0 spiro atoms. The molecule has 0 bridgehead atoms. The van der Waals surface area contributed by atoms with Gasteiger partial charge in [0.2, 0.25) is 0 Å². The van der Waals surface area contributed by atoms with Gasteiger partial charge in [0.1, 0.15) is 5.54 Å². The minimum absolute atomic E-state index is 0.1000. The minimum atomic E-state index is -0.491. The lowest BCUT2D eigenvalue weighted by Crippen LogP contribution is -2.58. The van der Waals surface area contributed by atoms with E-state index in [9.17, 15) is 4.79 Å². The van der Waals surface area contributed by atoms with Crippen LogP contribution in [-0.4, -0.2) is 36.9 Å². The van der Waals surface area contributed by atoms with E-state index < -0.39 is 5.54 Å². The van der Waals surface area contributed by atoms with Crippen molar-refractivity contribution in [3.8, 4) is 0 Å². The summed E-state index contributed by atoms with van der Waals surface area (Å²) >= 11 is 0. The molecule has 1 saturated carbocycles. The Hall–Kier alpha value is -0.610. The van der Waals surface area contributed by atoms with Crippen molar-refractivity contribution in [3.63, 3.8) is 0 Å². The maximum atomic E-state index is 12.1. The summed E-state index contributed by atoms with van der Waals surface area (Å²) in [6.07, 6.45) is 3.94. The van der Waals surface area contributed by atoms with E-state index in [1.54, 1.807) is 0 Å². The van der Waals surface area contributed by atoms with Crippen LogP contribution in [0.15, 0.2) is 0 Å². The molecular formula is C12H21NO3. The lowest BCUT2D eigenvalue weighted by molar-refractivity contribution is -0.158. The molecule has 1 aliphatic heterocycles. The second-order valence-electron chi connectivity index (χ2n) is 4.86. The van der Waals surface area contributed by atoms with Crippen LogP contribution in [0.3, 0.4) is 0 Å². The summed E-state index contributed by atoms with van der Waals surface area (Å²) in [5.74, 6) is -0.1000. The number of carbonyl (C=O) groups excluding carboxylic acids is 1. The molecule has 2 unspecified atom stereocenters. The van der Waals surface area contributed by atoms with E-state index >= 15 is 0 Å². The summed E-state index contributed by atoms with van der Waals surface area (Å²) in [7, 11) is 0. The molecule has 0 aromatic carbocycles. The molecule has 0 aromatic rings. The lowest BCUT2D eigenvalue weighted by Gasteiger charge is -2.38. The van der Waals surface area contributed by atoms with Gasteiger partial charge in [-0.15, -0.1) is 0 Å². The van der Waals surface area contributed by atoms with Crippen molar-refractivity contribution in [1.82, 2.24) is 5.32 Å². The molecule has 1 N–H and O–H groups in total. The molecule has 1 heterocycles. The van der Waals surface area contributed by atoms with Crippen LogP contribution in [0.5, 0.6) is 0 Å². The van der Waals surface area contributed by atoms with Crippen molar-refractivity contribution in [2.45, 2.75) is 57.2 Å². The van der Waals surface area contributed by atoms with Crippen molar-refractivity contribution in [3.05, 3.63) is 0 Å². The first kappa shape index (κ1) is 11.9. The summed E-state index contributed by atoms with van der Waals surface area (Å²) in [5, 5.41) is 3.47. The number of hydrogen-bond acceptors (Lipinski definition) is 4. The Labute approximate surface area is 96.7 Å². The van der Waals surface area contributed by atoms with E-state index in [0.717, 1.165) is 12.8 Å². The monoisotopic (exact) mass is 227 g/mol. The molecule has 1 saturated heterocycles. The van der Waals surface area contributed by atoms with Gasteiger partial charge in [0.25, 0.3) is 0 Å². The van der Waals surface area contributed by atoms with Crippen molar-refractivity contribution in [1.29, 1.82) is 0 Å². The zero-order valence-corrected chi connectivity index (χ0v) is 10.1. The largest absolute Gasteiger partial charge is 0.465 e. The second kappa shape index (κ2) is 4.72. The normalized spacial score (nSPS) is 34.8. The second-order valence-corrected chi connectivity index (χ2v) is 4.86. The zero-order chi connectivity index (χ0) is 11.6. The Kier molecular flexibility index (Phi) is 3.50. The van der Waals surface area contributed by atoms with Crippen LogP contribution in [0, 0.1) is 0 Å². The highest BCUT2D eigenvalue weighted by atomic mass is 16.5. The van der Waals surface area contributed by atoms with Gasteiger partial charge < -0.3 is 9.47 Å². The van der Waals surface area contributed by atoms with Gasteiger partial charge in [0.05, 0.1) is 12.7 Å². The standard InChI is InChI=1S/C12H21NO3/c1-3-15-11(14)12(13-10-4-5-10)6-7-16-9(2)8-12/h9-10,13H,3-8H2,1-2H3. The van der Waals surface area contributed by atoms with Crippen LogP contribution in [0.25, 0.3) is 0 Å². The van der Waals surface area contributed by atoms with Gasteiger partial charge in [-0.25, -0.2) is 0 Å². The van der Waals surface area contributed by atoms with Gasteiger partial charge in [0, 0.05) is 19.1 Å². The number of hydrogen-bond donors (Lipinski definition) is 1. The molecule has 4 nitrogen and oxygen atoms in total. The molecule has 0 radical (unpaired) electrons. The van der Waals surface area contributed by atoms with Crippen molar-refractivity contribution >= 4 is 5.97 Å². The smallest absolute Gasteiger partial charge is 0.326 e. The van der Waals surface area contributed by atoms with E-state index in [1.807, 2.05) is 13.8 Å². The maximum absolute atomic E-state index is 12.1. The van der Waals surface area contributed by atoms with Gasteiger partial charge in [-0.05, 0) is 33.1 Å². The molecule has 16 heavy (non-hydrogen) atoms. The maximum Gasteiger partial charge on any atom is 0.326 e. The third-order valence-corrected chi connectivity index (χ3v) is 3.29. The molecule has 0 aromatic heterocycles. The minimum Gasteiger partial charge on any atom is -0.465 e. The number of rotatable bonds is 4. The van der Waals surface area contributed by atoms with Crippen molar-refractivity contribution < 1.29 is 14.3 Å². The molecular weight excluding hydrogens is 206 g/mol. The summed E-state index contributed by atoms with van der Waals surface area (Å²) in [5.41, 5.74) is -0.491. The third-order valence-electron chi connectivity index (χ3n) is 3.29. The Morgan fingerprint density at radius 2 is 2.31 bits per heavy atom. The van der Waals surface area contributed by atoms with Crippen LogP contribution < -0.4 is 5.32 Å². The van der Waals surface area contributed by atoms with Gasteiger partial charge in [-0.2, -0.15) is 0 Å². The Morgan fingerprint density at radius 3 is 2.88 bits per heavy atom. The summed E-state index contributed by atoms with van der Waals surface area (Å²) in [6.45, 7) is 4.95. The van der Waals surface area contributed by atoms with Crippen molar-refractivity contribution in [2.24, 2.45) is 0 Å². The average molecular weight is 227 g/mol. The predicted molar refractivity (Wildman–Crippen MR) is 60.2 cm³/mol. The molecule has 4 heteroatoms. The summed E-state index contributed by atoms with van der Waals surface area (Å²) in [4.78, 5) is 12.1. The van der Waals surface area contributed by atoms with E-state index in [4.69, 9.17) is 9.47 Å². The number of esters is 1. The average Bonchev–Trinajstić information content (AvgIpc) is 3.02. The molecule has 0 amide bonds. The quantitative estimate of drug-likeness (QED) is 0.734. The van der Waals surface area contributed by atoms with E-state index in [-0.39, 0.29) is 12.1 Å². The summed E-state index contributed by atoms with van der Waals surface area (Å²) in [6, 6.07) is 0.509. The van der Waals surface area contributed by atoms with Crippen LogP contribution in [-0.2, 0) is 14.3 Å². The molecule has 2 rings (SSSR count). The van der Waals surface area contributed by atoms with E-state index in [2.05, 4.69) is 5.32 Å². The highest BCUT2D eigenvalue weighted by molar-refractivity contribution is 5.81. The van der Waals surface area contributed by atoms with Crippen LogP contribution in [0.2, 0.25) is 0 Å². The predicted octanol–water partition coefficient (Wildman–Crippen LogP) is 1.24. The van der Waals surface area contributed by atoms with Crippen LogP contribution in [0.4, 0.5) is 0 Å². The van der Waals surface area contributed by atoms with Gasteiger partial charge in [-0.1, -0.05) is 0 Å². The zero-order valence-electron chi connectivity index (χ0n) is 10.1. The Bertz CT molecular complexity index is 261. The summed E-state index contributed by atoms with van der Waals surface area (Å²) < 4.78 is 10.7. The lowest BCUT2D eigenvalue weighted by atomic mass is 9.86. The fourth-order valence-corrected chi connectivity index (χ4v) is 2.35. The molecule has 2 aliphatic rings. The van der Waals surface area contributed by atoms with Crippen molar-refractivity contribution in [2.75, 3.05) is 13.2 Å². The number of ether oxygens (including phenoxy) is 2. The highest BCUT2D eigenvalue weighted by Crippen LogP contribution is 2.31. The van der Waals surface area contributed by atoms with Gasteiger partial charge in [0.15, 0.2) is 0 Å². The Balaban J connectivity index is 2.06. The Morgan fingerprint density at radius 1 is 1.56 bits per heavy atom. The fraction of sp³-hybridized carbons (Fsp3) is 0.917. The first-order chi connectivity index (χ1) is 7.66. The van der Waals surface area contributed by atoms with Crippen LogP contribution >= 0.6 is 0 Å². The van der Waals surface area contributed by atoms with E-state index in [1.165, 1.54) is 12.8 Å². The third kappa shape index (κ3) is 2.55. The van der Waals surface area contributed by atoms with Gasteiger partial charge in [-0.3, -0.25) is 10.1 Å². The first-order valence-electron chi connectivity index (χ1n) is 6.23. The van der Waals surface area contributed by atoms with Crippen LogP contribution in [0.1, 0.15) is 39.5 Å². The fourth-order valence-electron chi connectivity index (χ4n) is 2.35. The molecule has 2 atom stereocenters. The van der Waals surface area contributed by atoms with Gasteiger partial charge >= 0.3 is 5.97 Å². The first-order valence-corrected chi connectivity index (χ1v) is 6.23. The SMILES string of the molecule is CCOC(=O)C1(NC2CC2)CCOC(C)C1. The molecule has 1 aliphatic carbocycles.